The molecule has 1 rings (SSSR count). The second-order valence-corrected chi connectivity index (χ2v) is 3.64. The van der Waals surface area contributed by atoms with Crippen LogP contribution < -0.4 is 5.73 Å². The van der Waals surface area contributed by atoms with Crippen molar-refractivity contribution >= 4 is 5.97 Å². The van der Waals surface area contributed by atoms with E-state index in [1.807, 2.05) is 0 Å². The number of hydrogen-bond donors (Lipinski definition) is 4. The highest BCUT2D eigenvalue weighted by molar-refractivity contribution is 5.73. The topological polar surface area (TPSA) is 104 Å². The molecular formula is C10H10F3NO4. The Morgan fingerprint density at radius 2 is 1.78 bits per heavy atom. The van der Waals surface area contributed by atoms with Crippen molar-refractivity contribution in [3.05, 3.63) is 23.3 Å². The monoisotopic (exact) mass is 265 g/mol. The van der Waals surface area contributed by atoms with Crippen LogP contribution in [0.15, 0.2) is 12.1 Å². The molecular weight excluding hydrogens is 255 g/mol. The molecule has 5 nitrogen and oxygen atoms in total. The lowest BCUT2D eigenvalue weighted by atomic mass is 9.99. The van der Waals surface area contributed by atoms with E-state index < -0.39 is 47.2 Å². The van der Waals surface area contributed by atoms with Gasteiger partial charge in [0.15, 0.2) is 11.5 Å². The fourth-order valence-corrected chi connectivity index (χ4v) is 1.38. The first-order valence-corrected chi connectivity index (χ1v) is 4.73. The Kier molecular flexibility index (Phi) is 3.70. The molecule has 18 heavy (non-hydrogen) atoms. The Morgan fingerprint density at radius 1 is 1.28 bits per heavy atom. The van der Waals surface area contributed by atoms with Crippen LogP contribution in [0.4, 0.5) is 13.2 Å². The van der Waals surface area contributed by atoms with Crippen LogP contribution in [0.2, 0.25) is 0 Å². The summed E-state index contributed by atoms with van der Waals surface area (Å²) >= 11 is 0. The molecule has 0 aromatic heterocycles. The van der Waals surface area contributed by atoms with Crippen LogP contribution in [0.3, 0.4) is 0 Å². The van der Waals surface area contributed by atoms with E-state index in [-0.39, 0.29) is 0 Å². The largest absolute Gasteiger partial charge is 0.504 e. The minimum absolute atomic E-state index is 0.333. The van der Waals surface area contributed by atoms with Gasteiger partial charge in [-0.05, 0) is 24.1 Å². The molecule has 0 fully saturated rings. The van der Waals surface area contributed by atoms with Crippen LogP contribution in [0.25, 0.3) is 0 Å². The van der Waals surface area contributed by atoms with Crippen molar-refractivity contribution in [3.8, 4) is 11.5 Å². The Labute approximate surface area is 99.3 Å². The normalized spacial score (nSPS) is 13.3. The molecule has 0 bridgehead atoms. The predicted molar refractivity (Wildman–Crippen MR) is 54.1 cm³/mol. The van der Waals surface area contributed by atoms with E-state index in [0.29, 0.717) is 12.1 Å². The van der Waals surface area contributed by atoms with Gasteiger partial charge in [0, 0.05) is 0 Å². The zero-order chi connectivity index (χ0) is 14.1. The van der Waals surface area contributed by atoms with Gasteiger partial charge in [-0.2, -0.15) is 13.2 Å². The first-order chi connectivity index (χ1) is 8.12. The molecule has 1 aromatic rings. The third-order valence-corrected chi connectivity index (χ3v) is 2.26. The Hall–Kier alpha value is -1.96. The number of carboxylic acid groups (broad SMARTS) is 1. The van der Waals surface area contributed by atoms with Crippen LogP contribution in [0, 0.1) is 0 Å². The smallest absolute Gasteiger partial charge is 0.416 e. The van der Waals surface area contributed by atoms with E-state index in [0.717, 1.165) is 0 Å². The zero-order valence-corrected chi connectivity index (χ0v) is 8.90. The number of halogens is 3. The Morgan fingerprint density at radius 3 is 2.22 bits per heavy atom. The average molecular weight is 265 g/mol. The number of phenolic OH excluding ortho intramolecular Hbond substituents is 2. The van der Waals surface area contributed by atoms with E-state index in [2.05, 4.69) is 0 Å². The molecule has 8 heteroatoms. The molecule has 0 radical (unpaired) electrons. The van der Waals surface area contributed by atoms with Crippen LogP contribution in [0.1, 0.15) is 11.1 Å². The summed E-state index contributed by atoms with van der Waals surface area (Å²) in [6.45, 7) is 0. The van der Waals surface area contributed by atoms with Gasteiger partial charge in [0.25, 0.3) is 0 Å². The fourth-order valence-electron chi connectivity index (χ4n) is 1.38. The van der Waals surface area contributed by atoms with Crippen molar-refractivity contribution in [2.75, 3.05) is 0 Å². The van der Waals surface area contributed by atoms with Crippen molar-refractivity contribution in [3.63, 3.8) is 0 Å². The highest BCUT2D eigenvalue weighted by Crippen LogP contribution is 2.38. The van der Waals surface area contributed by atoms with Gasteiger partial charge in [0.05, 0.1) is 5.56 Å². The van der Waals surface area contributed by atoms with E-state index >= 15 is 0 Å². The number of carbonyl (C=O) groups is 1. The zero-order valence-electron chi connectivity index (χ0n) is 8.90. The quantitative estimate of drug-likeness (QED) is 0.612. The van der Waals surface area contributed by atoms with E-state index in [1.165, 1.54) is 0 Å². The number of aromatic hydroxyl groups is 2. The van der Waals surface area contributed by atoms with Gasteiger partial charge >= 0.3 is 12.1 Å². The number of rotatable bonds is 3. The molecule has 1 aromatic carbocycles. The van der Waals surface area contributed by atoms with Crippen molar-refractivity contribution in [1.82, 2.24) is 0 Å². The summed E-state index contributed by atoms with van der Waals surface area (Å²) < 4.78 is 37.9. The van der Waals surface area contributed by atoms with Crippen LogP contribution >= 0.6 is 0 Å². The summed E-state index contributed by atoms with van der Waals surface area (Å²) in [4.78, 5) is 10.5. The Balaban J connectivity index is 3.24. The lowest BCUT2D eigenvalue weighted by Crippen LogP contribution is -2.33. The van der Waals surface area contributed by atoms with Gasteiger partial charge in [-0.25, -0.2) is 0 Å². The maximum Gasteiger partial charge on any atom is 0.416 e. The van der Waals surface area contributed by atoms with Gasteiger partial charge in [0.1, 0.15) is 6.04 Å². The fraction of sp³-hybridized carbons (Fsp3) is 0.300. The highest BCUT2D eigenvalue weighted by atomic mass is 19.4. The van der Waals surface area contributed by atoms with Gasteiger partial charge in [-0.1, -0.05) is 0 Å². The summed E-state index contributed by atoms with van der Waals surface area (Å²) in [5, 5.41) is 26.7. The van der Waals surface area contributed by atoms with E-state index in [1.54, 1.807) is 0 Å². The summed E-state index contributed by atoms with van der Waals surface area (Å²) in [6.07, 6.45) is -5.39. The lowest BCUT2D eigenvalue weighted by molar-refractivity contribution is -0.141. The second kappa shape index (κ2) is 4.73. The van der Waals surface area contributed by atoms with Gasteiger partial charge < -0.3 is 21.1 Å². The number of benzene rings is 1. The molecule has 0 amide bonds. The van der Waals surface area contributed by atoms with Crippen molar-refractivity contribution in [2.24, 2.45) is 5.73 Å². The van der Waals surface area contributed by atoms with Crippen LogP contribution in [-0.2, 0) is 17.4 Å². The maximum atomic E-state index is 12.6. The minimum atomic E-state index is -4.78. The lowest BCUT2D eigenvalue weighted by Gasteiger charge is -2.15. The molecule has 5 N–H and O–H groups in total. The number of carboxylic acids is 1. The first-order valence-electron chi connectivity index (χ1n) is 4.73. The summed E-state index contributed by atoms with van der Waals surface area (Å²) in [5.74, 6) is -3.17. The first kappa shape index (κ1) is 14.1. The van der Waals surface area contributed by atoms with Crippen LogP contribution in [0.5, 0.6) is 11.5 Å². The Bertz CT molecular complexity index is 473. The molecule has 0 aliphatic rings. The van der Waals surface area contributed by atoms with Crippen LogP contribution in [-0.4, -0.2) is 27.3 Å². The number of phenols is 2. The van der Waals surface area contributed by atoms with E-state index in [4.69, 9.17) is 21.1 Å². The summed E-state index contributed by atoms with van der Waals surface area (Å²) in [6, 6.07) is -0.546. The molecule has 1 unspecified atom stereocenters. The highest BCUT2D eigenvalue weighted by Gasteiger charge is 2.35. The summed E-state index contributed by atoms with van der Waals surface area (Å²) in [5.41, 5.74) is 3.42. The molecule has 0 aliphatic carbocycles. The third-order valence-electron chi connectivity index (χ3n) is 2.26. The van der Waals surface area contributed by atoms with Gasteiger partial charge in [0.2, 0.25) is 0 Å². The predicted octanol–water partition coefficient (Wildman–Crippen LogP) is 1.07. The third kappa shape index (κ3) is 3.04. The maximum absolute atomic E-state index is 12.6. The molecule has 0 saturated heterocycles. The average Bonchev–Trinajstić information content (AvgIpc) is 2.21. The second-order valence-electron chi connectivity index (χ2n) is 3.64. The molecule has 0 aliphatic heterocycles. The van der Waals surface area contributed by atoms with Crippen molar-refractivity contribution in [1.29, 1.82) is 0 Å². The minimum Gasteiger partial charge on any atom is -0.504 e. The number of alkyl halides is 3. The molecule has 100 valence electrons. The van der Waals surface area contributed by atoms with Crippen molar-refractivity contribution in [2.45, 2.75) is 18.6 Å². The standard InChI is InChI=1S/C10H10F3NO4/c11-10(12,13)5-3-8(16)7(15)2-4(5)1-6(14)9(17)18/h2-3,6,15-16H,1,14H2,(H,17,18). The number of hydrogen-bond acceptors (Lipinski definition) is 4. The molecule has 0 heterocycles. The molecule has 0 spiro atoms. The van der Waals surface area contributed by atoms with Gasteiger partial charge in [-0.15, -0.1) is 0 Å². The molecule has 0 saturated carbocycles. The SMILES string of the molecule is NC(Cc1cc(O)c(O)cc1C(F)(F)F)C(=O)O. The molecule has 1 atom stereocenters. The summed E-state index contributed by atoms with van der Waals surface area (Å²) in [7, 11) is 0. The van der Waals surface area contributed by atoms with Crippen molar-refractivity contribution < 1.29 is 33.3 Å². The van der Waals surface area contributed by atoms with Gasteiger partial charge in [-0.3, -0.25) is 4.79 Å². The number of nitrogens with two attached hydrogens (primary N) is 1. The van der Waals surface area contributed by atoms with E-state index in [9.17, 15) is 18.0 Å². The number of aliphatic carboxylic acids is 1.